The second-order valence-electron chi connectivity index (χ2n) is 4.36. The van der Waals surface area contributed by atoms with Crippen molar-refractivity contribution in [3.63, 3.8) is 0 Å². The topological polar surface area (TPSA) is 12.4 Å². The van der Waals surface area contributed by atoms with Gasteiger partial charge < -0.3 is 4.99 Å². The molecule has 1 atom stereocenters. The van der Waals surface area contributed by atoms with Gasteiger partial charge in [0.2, 0.25) is 0 Å². The molecule has 1 heteroatoms. The molecule has 0 fully saturated rings. The molecule has 1 aliphatic rings. The molecule has 0 spiro atoms. The van der Waals surface area contributed by atoms with Crippen LogP contribution in [-0.4, -0.2) is 13.3 Å². The van der Waals surface area contributed by atoms with E-state index in [-0.39, 0.29) is 0 Å². The average Bonchev–Trinajstić information content (AvgIpc) is 1.97. The van der Waals surface area contributed by atoms with Crippen molar-refractivity contribution in [1.29, 1.82) is 0 Å². The minimum absolute atomic E-state index is 0.401. The Morgan fingerprint density at radius 2 is 2.25 bits per heavy atom. The lowest BCUT2D eigenvalue weighted by Gasteiger charge is -2.36. The summed E-state index contributed by atoms with van der Waals surface area (Å²) in [6.07, 6.45) is 6.94. The first-order valence-corrected chi connectivity index (χ1v) is 4.67. The van der Waals surface area contributed by atoms with Gasteiger partial charge in [-0.3, -0.25) is 0 Å². The molecular weight excluding hydrogens is 146 g/mol. The third-order valence-corrected chi connectivity index (χ3v) is 2.89. The summed E-state index contributed by atoms with van der Waals surface area (Å²) in [6.45, 7) is 6.87. The van der Waals surface area contributed by atoms with Crippen LogP contribution in [0.5, 0.6) is 0 Å². The number of hydrogen-bond donors (Lipinski definition) is 0. The van der Waals surface area contributed by atoms with E-state index >= 15 is 0 Å². The molecule has 68 valence electrons. The van der Waals surface area contributed by atoms with E-state index < -0.39 is 0 Å². The molecule has 0 aliphatic heterocycles. The van der Waals surface area contributed by atoms with Crippen LogP contribution in [0.4, 0.5) is 0 Å². The standard InChI is InChI=1S/C11H19N/c1-9-6-5-7-11(2,3)10(9)8-12-4/h6,8,10H,5,7H2,1-4H3. The molecule has 1 unspecified atom stereocenters. The number of aliphatic imine (C=N–C) groups is 1. The fourth-order valence-electron chi connectivity index (χ4n) is 2.04. The van der Waals surface area contributed by atoms with Crippen LogP contribution in [0.3, 0.4) is 0 Å². The van der Waals surface area contributed by atoms with Crippen molar-refractivity contribution in [2.75, 3.05) is 7.05 Å². The average molecular weight is 165 g/mol. The first-order chi connectivity index (χ1) is 5.58. The Labute approximate surface area is 75.6 Å². The van der Waals surface area contributed by atoms with Crippen LogP contribution in [0, 0.1) is 11.3 Å². The van der Waals surface area contributed by atoms with Gasteiger partial charge in [0.05, 0.1) is 0 Å². The highest BCUT2D eigenvalue weighted by molar-refractivity contribution is 5.66. The highest BCUT2D eigenvalue weighted by atomic mass is 14.6. The van der Waals surface area contributed by atoms with Crippen molar-refractivity contribution in [1.82, 2.24) is 0 Å². The first-order valence-electron chi connectivity index (χ1n) is 4.67. The van der Waals surface area contributed by atoms with Crippen LogP contribution in [0.2, 0.25) is 0 Å². The Hall–Kier alpha value is -0.590. The quantitative estimate of drug-likeness (QED) is 0.418. The van der Waals surface area contributed by atoms with Crippen molar-refractivity contribution in [2.45, 2.75) is 33.6 Å². The lowest BCUT2D eigenvalue weighted by atomic mass is 9.69. The van der Waals surface area contributed by atoms with Crippen LogP contribution in [0.25, 0.3) is 0 Å². The lowest BCUT2D eigenvalue weighted by molar-refractivity contribution is 0.274. The van der Waals surface area contributed by atoms with E-state index in [9.17, 15) is 0 Å². The van der Waals surface area contributed by atoms with Crippen molar-refractivity contribution in [3.8, 4) is 0 Å². The van der Waals surface area contributed by atoms with Crippen molar-refractivity contribution >= 4 is 6.21 Å². The van der Waals surface area contributed by atoms with Crippen molar-refractivity contribution < 1.29 is 0 Å². The first kappa shape index (κ1) is 9.50. The summed E-state index contributed by atoms with van der Waals surface area (Å²) < 4.78 is 0. The highest BCUT2D eigenvalue weighted by Gasteiger charge is 2.31. The minimum Gasteiger partial charge on any atom is -0.300 e. The third kappa shape index (κ3) is 1.77. The van der Waals surface area contributed by atoms with E-state index in [1.54, 1.807) is 0 Å². The Morgan fingerprint density at radius 1 is 1.58 bits per heavy atom. The van der Waals surface area contributed by atoms with E-state index in [2.05, 4.69) is 38.1 Å². The van der Waals surface area contributed by atoms with Crippen LogP contribution in [0.1, 0.15) is 33.6 Å². The SMILES string of the molecule is CN=CC1C(C)=CCCC1(C)C. The molecule has 1 aliphatic carbocycles. The van der Waals surface area contributed by atoms with Gasteiger partial charge in [-0.15, -0.1) is 0 Å². The van der Waals surface area contributed by atoms with E-state index in [0.29, 0.717) is 11.3 Å². The number of nitrogens with zero attached hydrogens (tertiary/aromatic N) is 1. The van der Waals surface area contributed by atoms with Gasteiger partial charge in [-0.2, -0.15) is 0 Å². The van der Waals surface area contributed by atoms with E-state index in [1.807, 2.05) is 7.05 Å². The molecule has 12 heavy (non-hydrogen) atoms. The maximum atomic E-state index is 4.14. The van der Waals surface area contributed by atoms with E-state index in [4.69, 9.17) is 0 Å². The summed E-state index contributed by atoms with van der Waals surface area (Å²) in [6, 6.07) is 0. The lowest BCUT2D eigenvalue weighted by Crippen LogP contribution is -2.28. The fourth-order valence-corrected chi connectivity index (χ4v) is 2.04. The summed E-state index contributed by atoms with van der Waals surface area (Å²) in [5.41, 5.74) is 1.88. The Morgan fingerprint density at radius 3 is 2.75 bits per heavy atom. The molecule has 0 saturated heterocycles. The zero-order valence-corrected chi connectivity index (χ0v) is 8.59. The summed E-state index contributed by atoms with van der Waals surface area (Å²) in [5, 5.41) is 0. The Bertz CT molecular complexity index is 211. The molecule has 0 radical (unpaired) electrons. The third-order valence-electron chi connectivity index (χ3n) is 2.89. The Balaban J connectivity index is 2.88. The monoisotopic (exact) mass is 165 g/mol. The zero-order valence-electron chi connectivity index (χ0n) is 8.59. The van der Waals surface area contributed by atoms with Gasteiger partial charge in [-0.05, 0) is 25.2 Å². The zero-order chi connectivity index (χ0) is 9.19. The molecule has 0 aromatic rings. The largest absolute Gasteiger partial charge is 0.300 e. The minimum atomic E-state index is 0.401. The second-order valence-corrected chi connectivity index (χ2v) is 4.36. The van der Waals surface area contributed by atoms with Crippen LogP contribution >= 0.6 is 0 Å². The van der Waals surface area contributed by atoms with Gasteiger partial charge >= 0.3 is 0 Å². The van der Waals surface area contributed by atoms with E-state index in [0.717, 1.165) is 0 Å². The fraction of sp³-hybridized carbons (Fsp3) is 0.727. The molecule has 1 nitrogen and oxygen atoms in total. The molecule has 0 bridgehead atoms. The summed E-state index contributed by atoms with van der Waals surface area (Å²) in [7, 11) is 1.86. The number of rotatable bonds is 1. The molecule has 0 aromatic heterocycles. The van der Waals surface area contributed by atoms with Crippen LogP contribution in [-0.2, 0) is 0 Å². The van der Waals surface area contributed by atoms with Gasteiger partial charge in [0.1, 0.15) is 0 Å². The molecular formula is C11H19N. The molecule has 1 rings (SSSR count). The predicted octanol–water partition coefficient (Wildman–Crippen LogP) is 3.07. The molecule has 0 N–H and O–H groups in total. The molecule has 0 saturated carbocycles. The maximum absolute atomic E-state index is 4.14. The number of allylic oxidation sites excluding steroid dienone is 2. The molecule has 0 heterocycles. The van der Waals surface area contributed by atoms with E-state index in [1.165, 1.54) is 18.4 Å². The maximum Gasteiger partial charge on any atom is 0.0273 e. The second kappa shape index (κ2) is 3.42. The van der Waals surface area contributed by atoms with Gasteiger partial charge in [0, 0.05) is 19.2 Å². The van der Waals surface area contributed by atoms with Gasteiger partial charge in [0.25, 0.3) is 0 Å². The smallest absolute Gasteiger partial charge is 0.0273 e. The van der Waals surface area contributed by atoms with Gasteiger partial charge in [-0.25, -0.2) is 0 Å². The van der Waals surface area contributed by atoms with Crippen LogP contribution < -0.4 is 0 Å². The normalized spacial score (nSPS) is 29.0. The summed E-state index contributed by atoms with van der Waals surface area (Å²) in [4.78, 5) is 4.14. The van der Waals surface area contributed by atoms with Crippen molar-refractivity contribution in [3.05, 3.63) is 11.6 Å². The summed E-state index contributed by atoms with van der Waals surface area (Å²) in [5.74, 6) is 0.552. The van der Waals surface area contributed by atoms with Crippen LogP contribution in [0.15, 0.2) is 16.6 Å². The van der Waals surface area contributed by atoms with Gasteiger partial charge in [0.15, 0.2) is 0 Å². The predicted molar refractivity (Wildman–Crippen MR) is 54.7 cm³/mol. The summed E-state index contributed by atoms with van der Waals surface area (Å²) >= 11 is 0. The molecule has 0 aromatic carbocycles. The molecule has 0 amide bonds. The highest BCUT2D eigenvalue weighted by Crippen LogP contribution is 2.39. The Kier molecular flexibility index (Phi) is 2.71. The van der Waals surface area contributed by atoms with Gasteiger partial charge in [-0.1, -0.05) is 25.5 Å². The number of hydrogen-bond acceptors (Lipinski definition) is 1. The van der Waals surface area contributed by atoms with Crippen molar-refractivity contribution in [2.24, 2.45) is 16.3 Å².